The number of nitrogens with zero attached hydrogens (tertiary/aromatic N) is 4. The van der Waals surface area contributed by atoms with Crippen LogP contribution in [0.5, 0.6) is 5.75 Å². The third-order valence-electron chi connectivity index (χ3n) is 4.28. The van der Waals surface area contributed by atoms with E-state index in [2.05, 4.69) is 39.9 Å². The van der Waals surface area contributed by atoms with Gasteiger partial charge in [0.2, 0.25) is 0 Å². The van der Waals surface area contributed by atoms with Gasteiger partial charge in [0, 0.05) is 23.3 Å². The minimum Gasteiger partial charge on any atom is -0.494 e. The van der Waals surface area contributed by atoms with E-state index >= 15 is 0 Å². The third kappa shape index (κ3) is 3.29. The molecule has 6 heteroatoms. The number of benzene rings is 1. The van der Waals surface area contributed by atoms with Crippen molar-refractivity contribution in [2.24, 2.45) is 0 Å². The number of ether oxygens (including phenoxy) is 1. The van der Waals surface area contributed by atoms with Gasteiger partial charge in [0.15, 0.2) is 4.96 Å². The van der Waals surface area contributed by atoms with Gasteiger partial charge in [0.05, 0.1) is 36.2 Å². The maximum atomic E-state index is 9.37. The molecule has 0 aliphatic rings. The molecule has 0 aliphatic carbocycles. The van der Waals surface area contributed by atoms with Crippen LogP contribution >= 0.6 is 11.3 Å². The van der Waals surface area contributed by atoms with Gasteiger partial charge in [-0.15, -0.1) is 11.3 Å². The molecule has 0 aliphatic heterocycles. The quantitative estimate of drug-likeness (QED) is 0.477. The van der Waals surface area contributed by atoms with Gasteiger partial charge in [-0.1, -0.05) is 6.92 Å². The summed E-state index contributed by atoms with van der Waals surface area (Å²) in [5.41, 5.74) is 4.83. The molecule has 1 aromatic carbocycles. The number of hydrogen-bond donors (Lipinski definition) is 0. The number of aromatic nitrogens is 3. The van der Waals surface area contributed by atoms with Crippen LogP contribution in [0.3, 0.4) is 0 Å². The van der Waals surface area contributed by atoms with Crippen molar-refractivity contribution < 1.29 is 4.74 Å². The first kappa shape index (κ1) is 17.3. The zero-order chi connectivity index (χ0) is 18.6. The van der Waals surface area contributed by atoms with E-state index in [1.807, 2.05) is 24.3 Å². The first-order valence-corrected chi connectivity index (χ1v) is 9.69. The first-order valence-electron chi connectivity index (χ1n) is 8.81. The van der Waals surface area contributed by atoms with Gasteiger partial charge in [0.1, 0.15) is 5.75 Å². The average Bonchev–Trinajstić information content (AvgIpc) is 3.28. The molecule has 0 N–H and O–H groups in total. The van der Waals surface area contributed by atoms with E-state index < -0.39 is 0 Å². The van der Waals surface area contributed by atoms with Crippen LogP contribution < -0.4 is 4.74 Å². The summed E-state index contributed by atoms with van der Waals surface area (Å²) in [6.45, 7) is 2.80. The standard InChI is InChI=1S/C21H18N4OS/c1-2-13-26-17-5-3-15(4-6-17)19-14-27-21-24-20(16-8-11-23-12-9-16)18(7-10-22)25(19)21/h3-6,8-9,11-12,14H,2,7,13H2,1H3. The second-order valence-electron chi connectivity index (χ2n) is 6.09. The lowest BCUT2D eigenvalue weighted by molar-refractivity contribution is 0.317. The number of pyridine rings is 1. The lowest BCUT2D eigenvalue weighted by Gasteiger charge is -2.07. The Bertz CT molecular complexity index is 1090. The Morgan fingerprint density at radius 1 is 1.11 bits per heavy atom. The Kier molecular flexibility index (Phi) is 4.86. The summed E-state index contributed by atoms with van der Waals surface area (Å²) in [5, 5.41) is 11.5. The molecule has 4 rings (SSSR count). The summed E-state index contributed by atoms with van der Waals surface area (Å²) in [5.74, 6) is 0.868. The van der Waals surface area contributed by atoms with Crippen molar-refractivity contribution in [2.45, 2.75) is 19.8 Å². The minimum atomic E-state index is 0.292. The zero-order valence-electron chi connectivity index (χ0n) is 14.9. The molecule has 4 aromatic rings. The van der Waals surface area contributed by atoms with Crippen LogP contribution in [-0.4, -0.2) is 21.0 Å². The van der Waals surface area contributed by atoms with Crippen LogP contribution in [0.2, 0.25) is 0 Å². The molecular weight excluding hydrogens is 356 g/mol. The molecule has 0 saturated heterocycles. The fourth-order valence-corrected chi connectivity index (χ4v) is 3.95. The highest BCUT2D eigenvalue weighted by atomic mass is 32.1. The van der Waals surface area contributed by atoms with Crippen LogP contribution in [0, 0.1) is 11.3 Å². The number of imidazole rings is 1. The van der Waals surface area contributed by atoms with Crippen molar-refractivity contribution in [1.82, 2.24) is 14.4 Å². The van der Waals surface area contributed by atoms with E-state index in [1.165, 1.54) is 0 Å². The van der Waals surface area contributed by atoms with Crippen molar-refractivity contribution in [3.05, 3.63) is 59.9 Å². The Morgan fingerprint density at radius 3 is 2.59 bits per heavy atom. The predicted molar refractivity (Wildman–Crippen MR) is 107 cm³/mol. The van der Waals surface area contributed by atoms with Crippen LogP contribution in [-0.2, 0) is 6.42 Å². The topological polar surface area (TPSA) is 63.2 Å². The molecule has 0 fully saturated rings. The average molecular weight is 374 g/mol. The Balaban J connectivity index is 1.80. The largest absolute Gasteiger partial charge is 0.494 e. The van der Waals surface area contributed by atoms with Crippen molar-refractivity contribution in [3.8, 4) is 34.3 Å². The second kappa shape index (κ2) is 7.60. The molecule has 0 unspecified atom stereocenters. The Labute approximate surface area is 161 Å². The van der Waals surface area contributed by atoms with E-state index in [1.54, 1.807) is 23.7 Å². The number of fused-ring (bicyclic) bond motifs is 1. The highest BCUT2D eigenvalue weighted by Crippen LogP contribution is 2.33. The van der Waals surface area contributed by atoms with Gasteiger partial charge in [-0.3, -0.25) is 9.38 Å². The van der Waals surface area contributed by atoms with Gasteiger partial charge in [-0.05, 0) is 48.4 Å². The van der Waals surface area contributed by atoms with Gasteiger partial charge in [-0.2, -0.15) is 5.26 Å². The number of nitriles is 1. The van der Waals surface area contributed by atoms with E-state index in [0.29, 0.717) is 13.0 Å². The van der Waals surface area contributed by atoms with Crippen molar-refractivity contribution >= 4 is 16.3 Å². The third-order valence-corrected chi connectivity index (χ3v) is 5.11. The van der Waals surface area contributed by atoms with E-state index in [-0.39, 0.29) is 0 Å². The second-order valence-corrected chi connectivity index (χ2v) is 6.93. The predicted octanol–water partition coefficient (Wildman–Crippen LogP) is 4.98. The van der Waals surface area contributed by atoms with E-state index in [0.717, 1.165) is 45.3 Å². The summed E-state index contributed by atoms with van der Waals surface area (Å²) in [6.07, 6.45) is 4.77. The number of hydrogen-bond acceptors (Lipinski definition) is 5. The highest BCUT2D eigenvalue weighted by molar-refractivity contribution is 7.15. The van der Waals surface area contributed by atoms with Crippen molar-refractivity contribution in [2.75, 3.05) is 6.61 Å². The first-order chi connectivity index (χ1) is 13.3. The smallest absolute Gasteiger partial charge is 0.194 e. The summed E-state index contributed by atoms with van der Waals surface area (Å²) < 4.78 is 7.76. The van der Waals surface area contributed by atoms with Crippen molar-refractivity contribution in [1.29, 1.82) is 5.26 Å². The molecule has 0 atom stereocenters. The van der Waals surface area contributed by atoms with Crippen molar-refractivity contribution in [3.63, 3.8) is 0 Å². The highest BCUT2D eigenvalue weighted by Gasteiger charge is 2.18. The van der Waals surface area contributed by atoms with Crippen LogP contribution in [0.25, 0.3) is 27.5 Å². The Morgan fingerprint density at radius 2 is 1.89 bits per heavy atom. The summed E-state index contributed by atoms with van der Waals surface area (Å²) in [4.78, 5) is 9.74. The molecule has 0 radical (unpaired) electrons. The SMILES string of the molecule is CCCOc1ccc(-c2csc3nc(-c4ccncc4)c(CC#N)n23)cc1. The fourth-order valence-electron chi connectivity index (χ4n) is 3.04. The molecule has 5 nitrogen and oxygen atoms in total. The Hall–Kier alpha value is -3.17. The molecule has 0 saturated carbocycles. The van der Waals surface area contributed by atoms with Crippen LogP contribution in [0.1, 0.15) is 19.0 Å². The maximum Gasteiger partial charge on any atom is 0.194 e. The van der Waals surface area contributed by atoms with Gasteiger partial charge >= 0.3 is 0 Å². The lowest BCUT2D eigenvalue weighted by atomic mass is 10.1. The normalized spacial score (nSPS) is 10.8. The molecule has 0 bridgehead atoms. The lowest BCUT2D eigenvalue weighted by Crippen LogP contribution is -1.96. The molecule has 27 heavy (non-hydrogen) atoms. The number of rotatable bonds is 6. The fraction of sp³-hybridized carbons (Fsp3) is 0.190. The monoisotopic (exact) mass is 374 g/mol. The molecule has 0 spiro atoms. The van der Waals surface area contributed by atoms with Crippen LogP contribution in [0.4, 0.5) is 0 Å². The number of thiazole rings is 1. The van der Waals surface area contributed by atoms with Gasteiger partial charge in [0.25, 0.3) is 0 Å². The molecule has 134 valence electrons. The molecule has 3 heterocycles. The minimum absolute atomic E-state index is 0.292. The van der Waals surface area contributed by atoms with Gasteiger partial charge < -0.3 is 4.74 Å². The summed E-state index contributed by atoms with van der Waals surface area (Å²) >= 11 is 1.58. The molecular formula is C21H18N4OS. The van der Waals surface area contributed by atoms with Gasteiger partial charge in [-0.25, -0.2) is 4.98 Å². The molecule has 0 amide bonds. The maximum absolute atomic E-state index is 9.37. The zero-order valence-corrected chi connectivity index (χ0v) is 15.7. The van der Waals surface area contributed by atoms with E-state index in [9.17, 15) is 5.26 Å². The van der Waals surface area contributed by atoms with Crippen LogP contribution in [0.15, 0.2) is 54.2 Å². The molecule has 3 aromatic heterocycles. The summed E-state index contributed by atoms with van der Waals surface area (Å²) in [6, 6.07) is 14.2. The van der Waals surface area contributed by atoms with E-state index in [4.69, 9.17) is 9.72 Å². The summed E-state index contributed by atoms with van der Waals surface area (Å²) in [7, 11) is 0.